The highest BCUT2D eigenvalue weighted by molar-refractivity contribution is 6.50. The van der Waals surface area contributed by atoms with Gasteiger partial charge in [-0.05, 0) is 36.8 Å². The molecule has 2 unspecified atom stereocenters. The quantitative estimate of drug-likeness (QED) is 0.289. The third-order valence-electron chi connectivity index (χ3n) is 8.30. The highest BCUT2D eigenvalue weighted by Crippen LogP contribution is 2.46. The summed E-state index contributed by atoms with van der Waals surface area (Å²) in [5.41, 5.74) is 5.25. The van der Waals surface area contributed by atoms with Crippen molar-refractivity contribution in [3.05, 3.63) is 47.5 Å². The number of nitrogens with zero attached hydrogens (tertiary/aromatic N) is 2. The third kappa shape index (κ3) is 5.51. The lowest BCUT2D eigenvalue weighted by Gasteiger charge is -2.24. The van der Waals surface area contributed by atoms with Gasteiger partial charge in [0.25, 0.3) is 11.8 Å². The van der Waals surface area contributed by atoms with Gasteiger partial charge in [-0.15, -0.1) is 0 Å². The molecule has 0 saturated carbocycles. The van der Waals surface area contributed by atoms with Crippen LogP contribution in [0.5, 0.6) is 0 Å². The Morgan fingerprint density at radius 2 is 1.05 bits per heavy atom. The Labute approximate surface area is 231 Å². The fourth-order valence-corrected chi connectivity index (χ4v) is 5.89. The van der Waals surface area contributed by atoms with Crippen molar-refractivity contribution in [1.82, 2.24) is 0 Å². The normalized spacial score (nSPS) is 18.2. The highest BCUT2D eigenvalue weighted by Gasteiger charge is 2.42. The minimum absolute atomic E-state index is 0.114. The van der Waals surface area contributed by atoms with Crippen LogP contribution in [0, 0.1) is 11.8 Å². The van der Waals surface area contributed by atoms with Crippen molar-refractivity contribution in [2.45, 2.75) is 79.1 Å². The lowest BCUT2D eigenvalue weighted by molar-refractivity contribution is -0.114. The lowest BCUT2D eigenvalue weighted by atomic mass is 9.88. The first kappa shape index (κ1) is 28.3. The first-order valence-corrected chi connectivity index (χ1v) is 14.5. The molecule has 0 saturated heterocycles. The number of anilines is 2. The maximum atomic E-state index is 14.2. The number of carbonyl (C=O) groups is 2. The maximum Gasteiger partial charge on any atom is 0.259 e. The third-order valence-corrected chi connectivity index (χ3v) is 8.30. The molecule has 0 fully saturated rings. The topological polar surface area (TPSA) is 40.6 Å². The minimum atomic E-state index is -0.114. The van der Waals surface area contributed by atoms with E-state index in [0.29, 0.717) is 47.0 Å². The van der Waals surface area contributed by atoms with E-state index in [9.17, 15) is 9.59 Å². The van der Waals surface area contributed by atoms with E-state index in [-0.39, 0.29) is 11.8 Å². The van der Waals surface area contributed by atoms with Crippen LogP contribution in [0.1, 0.15) is 90.2 Å². The molecule has 2 aromatic carbocycles. The average Bonchev–Trinajstić information content (AvgIpc) is 3.32. The predicted molar refractivity (Wildman–Crippen MR) is 162 cm³/mol. The molecule has 6 heteroatoms. The van der Waals surface area contributed by atoms with E-state index in [1.807, 2.05) is 46.2 Å². The van der Waals surface area contributed by atoms with Gasteiger partial charge in [0.05, 0.1) is 22.5 Å². The minimum Gasteiger partial charge on any atom is -0.307 e. The fraction of sp³-hybridized carbons (Fsp3) is 0.500. The Morgan fingerprint density at radius 3 is 1.39 bits per heavy atom. The van der Waals surface area contributed by atoms with Crippen molar-refractivity contribution in [2.24, 2.45) is 11.8 Å². The average molecular weight is 506 g/mol. The van der Waals surface area contributed by atoms with Crippen LogP contribution < -0.4 is 20.7 Å². The van der Waals surface area contributed by atoms with E-state index >= 15 is 0 Å². The van der Waals surface area contributed by atoms with Gasteiger partial charge in [0, 0.05) is 24.2 Å². The molecule has 0 N–H and O–H groups in total. The molecule has 2 aromatic rings. The summed E-state index contributed by atoms with van der Waals surface area (Å²) in [5.74, 6) is 0.571. The van der Waals surface area contributed by atoms with Crippen LogP contribution in [0.15, 0.2) is 36.4 Å². The Balaban J connectivity index is 1.82. The Morgan fingerprint density at radius 1 is 0.658 bits per heavy atom. The van der Waals surface area contributed by atoms with E-state index in [1.54, 1.807) is 0 Å². The molecule has 2 amide bonds. The number of unbranched alkanes of at least 4 members (excludes halogenated alkanes) is 2. The number of benzene rings is 2. The van der Waals surface area contributed by atoms with Gasteiger partial charge in [0.15, 0.2) is 0 Å². The van der Waals surface area contributed by atoms with Gasteiger partial charge in [-0.25, -0.2) is 0 Å². The molecule has 4 rings (SSSR count). The van der Waals surface area contributed by atoms with Crippen molar-refractivity contribution in [2.75, 3.05) is 22.9 Å². The summed E-state index contributed by atoms with van der Waals surface area (Å²) in [6, 6.07) is 11.2. The molecule has 196 valence electrons. The Kier molecular flexibility index (Phi) is 9.23. The van der Waals surface area contributed by atoms with Gasteiger partial charge < -0.3 is 9.80 Å². The summed E-state index contributed by atoms with van der Waals surface area (Å²) in [6.45, 7) is 10.0. The second-order valence-electron chi connectivity index (χ2n) is 11.0. The summed E-state index contributed by atoms with van der Waals surface area (Å²) in [6.07, 6.45) is 8.70. The molecule has 0 spiro atoms. The number of amides is 2. The van der Waals surface area contributed by atoms with E-state index in [4.69, 9.17) is 15.7 Å². The maximum absolute atomic E-state index is 14.2. The molecular formula is C32H40B2N2O2. The first-order chi connectivity index (χ1) is 18.3. The van der Waals surface area contributed by atoms with Crippen LogP contribution in [-0.2, 0) is 9.59 Å². The zero-order valence-electron chi connectivity index (χ0n) is 23.6. The highest BCUT2D eigenvalue weighted by atomic mass is 16.2. The first-order valence-electron chi connectivity index (χ1n) is 14.5. The van der Waals surface area contributed by atoms with Gasteiger partial charge in [0.2, 0.25) is 0 Å². The molecule has 0 bridgehead atoms. The molecule has 2 aliphatic heterocycles. The summed E-state index contributed by atoms with van der Waals surface area (Å²) in [5, 5.41) is 0. The van der Waals surface area contributed by atoms with Crippen LogP contribution >= 0.6 is 0 Å². The van der Waals surface area contributed by atoms with Gasteiger partial charge in [-0.3, -0.25) is 9.59 Å². The summed E-state index contributed by atoms with van der Waals surface area (Å²) in [7, 11) is 12.4. The van der Waals surface area contributed by atoms with E-state index < -0.39 is 0 Å². The zero-order valence-corrected chi connectivity index (χ0v) is 23.6. The molecule has 2 aliphatic rings. The molecule has 0 aromatic heterocycles. The second-order valence-corrected chi connectivity index (χ2v) is 11.0. The number of hydrogen-bond acceptors (Lipinski definition) is 2. The molecule has 4 radical (unpaired) electrons. The van der Waals surface area contributed by atoms with Crippen molar-refractivity contribution < 1.29 is 9.59 Å². The summed E-state index contributed by atoms with van der Waals surface area (Å²) >= 11 is 0. The lowest BCUT2D eigenvalue weighted by Crippen LogP contribution is -2.34. The van der Waals surface area contributed by atoms with Crippen LogP contribution in [0.3, 0.4) is 0 Å². The number of rotatable bonds is 12. The molecule has 4 nitrogen and oxygen atoms in total. The van der Waals surface area contributed by atoms with Crippen LogP contribution in [-0.4, -0.2) is 40.6 Å². The largest absolute Gasteiger partial charge is 0.307 e. The molecular weight excluding hydrogens is 466 g/mol. The van der Waals surface area contributed by atoms with Crippen LogP contribution in [0.2, 0.25) is 0 Å². The van der Waals surface area contributed by atoms with Crippen LogP contribution in [0.25, 0.3) is 11.1 Å². The molecule has 2 atom stereocenters. The smallest absolute Gasteiger partial charge is 0.259 e. The van der Waals surface area contributed by atoms with Crippen molar-refractivity contribution in [3.8, 4) is 0 Å². The van der Waals surface area contributed by atoms with E-state index in [1.165, 1.54) is 0 Å². The summed E-state index contributed by atoms with van der Waals surface area (Å²) in [4.78, 5) is 32.1. The van der Waals surface area contributed by atoms with Gasteiger partial charge in [0.1, 0.15) is 15.7 Å². The van der Waals surface area contributed by atoms with E-state index in [2.05, 4.69) is 27.7 Å². The van der Waals surface area contributed by atoms with Crippen molar-refractivity contribution in [3.63, 3.8) is 0 Å². The number of hydrogen-bond donors (Lipinski definition) is 0. The number of fused-ring (bicyclic) bond motifs is 2. The van der Waals surface area contributed by atoms with Crippen LogP contribution in [0.4, 0.5) is 11.4 Å². The van der Waals surface area contributed by atoms with Gasteiger partial charge in [-0.2, -0.15) is 0 Å². The second kappa shape index (κ2) is 12.4. The Bertz CT molecular complexity index is 1130. The standard InChI is InChI=1S/C32H40B2N2O2/c1-5-9-11-21(7-3)19-35-27-15-13-23(33)17-25(27)29(31(35)37)30-26-18-24(34)14-16-28(26)36(32(30)38)20-22(8-4)12-10-6-2/h13-18,21-22H,5-12,19-20H2,1-4H3/b30-29+. The van der Waals surface area contributed by atoms with E-state index in [0.717, 1.165) is 73.9 Å². The number of carbonyl (C=O) groups excluding carboxylic acids is 2. The zero-order chi connectivity index (χ0) is 27.4. The SMILES string of the molecule is [B]c1ccc2c(c1)/C(=C1\C(=O)N(CC(CC)CCCC)c3ccc([B])cc31)C(=O)N2CC(CC)CCCC. The fourth-order valence-electron chi connectivity index (χ4n) is 5.89. The Hall–Kier alpha value is -2.75. The molecule has 2 heterocycles. The molecule has 38 heavy (non-hydrogen) atoms. The predicted octanol–water partition coefficient (Wildman–Crippen LogP) is 5.31. The summed E-state index contributed by atoms with van der Waals surface area (Å²) < 4.78 is 0. The van der Waals surface area contributed by atoms with Gasteiger partial charge >= 0.3 is 0 Å². The molecule has 0 aliphatic carbocycles. The monoisotopic (exact) mass is 506 g/mol. The van der Waals surface area contributed by atoms with Crippen molar-refractivity contribution in [1.29, 1.82) is 0 Å². The van der Waals surface area contributed by atoms with Crippen molar-refractivity contribution >= 4 is 61.0 Å². The van der Waals surface area contributed by atoms with Gasteiger partial charge in [-0.1, -0.05) is 101 Å².